The van der Waals surface area contributed by atoms with Crippen LogP contribution < -0.4 is 0 Å². The topological polar surface area (TPSA) is 72.4 Å². The highest BCUT2D eigenvalue weighted by Crippen LogP contribution is 2.27. The summed E-state index contributed by atoms with van der Waals surface area (Å²) in [7, 11) is 1.59. The third-order valence-corrected chi connectivity index (χ3v) is 5.50. The van der Waals surface area contributed by atoms with Gasteiger partial charge in [0.05, 0.1) is 25.9 Å². The number of furan rings is 1. The van der Waals surface area contributed by atoms with Crippen LogP contribution in [0.3, 0.4) is 0 Å². The normalized spacial score (nSPS) is 21.1. The monoisotopic (exact) mass is 396 g/mol. The van der Waals surface area contributed by atoms with Gasteiger partial charge in [0, 0.05) is 12.6 Å². The van der Waals surface area contributed by atoms with Crippen LogP contribution >= 0.6 is 0 Å². The molecule has 1 aromatic heterocycles. The highest BCUT2D eigenvalue weighted by atomic mass is 19.1. The molecule has 3 amide bonds. The molecule has 5 rings (SSSR count). The largest absolute Gasteiger partial charge is 0.466 e. The lowest BCUT2D eigenvalue weighted by atomic mass is 10.1. The molecule has 0 aliphatic carbocycles. The number of benzene rings is 1. The number of carbonyl (C=O) groups is 2. The minimum atomic E-state index is -0.680. The number of amidine groups is 1. The van der Waals surface area contributed by atoms with Gasteiger partial charge in [0.1, 0.15) is 18.1 Å². The first-order chi connectivity index (χ1) is 14.0. The van der Waals surface area contributed by atoms with Gasteiger partial charge in [-0.2, -0.15) is 0 Å². The number of nitrogens with zero attached hydrogens (tertiary/aromatic N) is 5. The van der Waals surface area contributed by atoms with Gasteiger partial charge in [-0.3, -0.25) is 19.2 Å². The molecule has 0 saturated carbocycles. The maximum Gasteiger partial charge on any atom is 0.393 e. The highest BCUT2D eigenvalue weighted by molar-refractivity contribution is 6.25. The molecule has 2 aromatic rings. The van der Waals surface area contributed by atoms with E-state index in [-0.39, 0.29) is 12.5 Å². The number of hydrogen-bond donors (Lipinski definition) is 0. The third kappa shape index (κ3) is 2.72. The molecule has 1 fully saturated rings. The maximum atomic E-state index is 14.1. The van der Waals surface area contributed by atoms with E-state index in [2.05, 4.69) is 4.99 Å². The van der Waals surface area contributed by atoms with Crippen LogP contribution in [-0.2, 0) is 17.9 Å². The fourth-order valence-electron chi connectivity index (χ4n) is 4.00. The molecule has 9 heteroatoms. The predicted octanol–water partition coefficient (Wildman–Crippen LogP) is 1.48. The van der Waals surface area contributed by atoms with E-state index in [1.54, 1.807) is 31.5 Å². The van der Waals surface area contributed by atoms with Crippen molar-refractivity contribution < 1.29 is 23.0 Å². The summed E-state index contributed by atoms with van der Waals surface area (Å²) in [6.45, 7) is 1.72. The van der Waals surface area contributed by atoms with Crippen LogP contribution in [0.25, 0.3) is 0 Å². The summed E-state index contributed by atoms with van der Waals surface area (Å²) >= 11 is 0. The van der Waals surface area contributed by atoms with Gasteiger partial charge in [0.25, 0.3) is 5.91 Å². The Balaban J connectivity index is 1.46. The van der Waals surface area contributed by atoms with Crippen molar-refractivity contribution in [2.75, 3.05) is 20.1 Å². The standard InChI is InChI=1S/C20H19FN5O3/c1-23-17-16(18(27)26(20(23)28)11-13-5-2-3-7-15(13)21)25-9-8-24(19(25)22-17)12-14-6-4-10-29-14/h2-7,10,16H,8-9,11-12H2,1H3/q+1. The van der Waals surface area contributed by atoms with Crippen LogP contribution in [0.2, 0.25) is 0 Å². The van der Waals surface area contributed by atoms with E-state index in [4.69, 9.17) is 4.42 Å². The quantitative estimate of drug-likeness (QED) is 0.734. The van der Waals surface area contributed by atoms with Crippen LogP contribution in [0.5, 0.6) is 0 Å². The average Bonchev–Trinajstić information content (AvgIpc) is 3.43. The number of rotatable bonds is 4. The first-order valence-electron chi connectivity index (χ1n) is 9.36. The summed E-state index contributed by atoms with van der Waals surface area (Å²) in [4.78, 5) is 35.0. The minimum Gasteiger partial charge on any atom is -0.466 e. The van der Waals surface area contributed by atoms with Gasteiger partial charge in [-0.05, 0) is 18.2 Å². The number of likely N-dealkylation sites (N-methyl/N-ethyl adjacent to an activating group) is 1. The summed E-state index contributed by atoms with van der Waals surface area (Å²) in [5, 5.41) is 0. The van der Waals surface area contributed by atoms with Gasteiger partial charge >= 0.3 is 12.0 Å². The second-order valence-corrected chi connectivity index (χ2v) is 7.22. The second kappa shape index (κ2) is 6.54. The Morgan fingerprint density at radius 1 is 1.24 bits per heavy atom. The van der Waals surface area contributed by atoms with Crippen molar-refractivity contribution in [3.05, 3.63) is 59.8 Å². The molecule has 0 spiro atoms. The summed E-state index contributed by atoms with van der Waals surface area (Å²) < 4.78 is 21.5. The number of halogens is 1. The first-order valence-corrected chi connectivity index (χ1v) is 9.36. The van der Waals surface area contributed by atoms with E-state index in [9.17, 15) is 14.0 Å². The molecule has 8 nitrogen and oxygen atoms in total. The van der Waals surface area contributed by atoms with E-state index in [1.165, 1.54) is 11.0 Å². The molecule has 0 radical (unpaired) electrons. The number of urea groups is 1. The molecule has 4 heterocycles. The molecule has 148 valence electrons. The lowest BCUT2D eigenvalue weighted by Crippen LogP contribution is -2.63. The van der Waals surface area contributed by atoms with Gasteiger partial charge in [0.15, 0.2) is 0 Å². The van der Waals surface area contributed by atoms with Gasteiger partial charge in [0.2, 0.25) is 11.9 Å². The number of guanidine groups is 1. The smallest absolute Gasteiger partial charge is 0.393 e. The molecule has 1 aromatic carbocycles. The van der Waals surface area contributed by atoms with Crippen molar-refractivity contribution in [1.82, 2.24) is 14.7 Å². The average molecular weight is 396 g/mol. The molecular formula is C20H19FN5O3+. The highest BCUT2D eigenvalue weighted by Gasteiger charge is 2.57. The summed E-state index contributed by atoms with van der Waals surface area (Å²) in [5.74, 6) is 1.03. The van der Waals surface area contributed by atoms with E-state index < -0.39 is 17.9 Å². The minimum absolute atomic E-state index is 0.113. The SMILES string of the molecule is CN1C(=O)N(Cc2ccccc2F)C(=O)C2C1=NC1=[N+](Cc3ccco3)CCN12. The fraction of sp³-hybridized carbons (Fsp3) is 0.300. The zero-order valence-corrected chi connectivity index (χ0v) is 15.8. The molecule has 1 unspecified atom stereocenters. The summed E-state index contributed by atoms with van der Waals surface area (Å²) in [6.07, 6.45) is 1.62. The molecule has 0 bridgehead atoms. The first kappa shape index (κ1) is 17.6. The Hall–Kier alpha value is -3.49. The van der Waals surface area contributed by atoms with Crippen LogP contribution in [0.1, 0.15) is 11.3 Å². The molecule has 1 atom stereocenters. The Morgan fingerprint density at radius 3 is 2.83 bits per heavy atom. The molecule has 1 saturated heterocycles. The van der Waals surface area contributed by atoms with E-state index in [0.29, 0.717) is 37.0 Å². The predicted molar refractivity (Wildman–Crippen MR) is 101 cm³/mol. The number of amides is 3. The lowest BCUT2D eigenvalue weighted by molar-refractivity contribution is -0.537. The molecule has 0 N–H and O–H groups in total. The van der Waals surface area contributed by atoms with Crippen molar-refractivity contribution >= 4 is 23.7 Å². The van der Waals surface area contributed by atoms with Crippen molar-refractivity contribution in [2.24, 2.45) is 4.99 Å². The molecule has 29 heavy (non-hydrogen) atoms. The van der Waals surface area contributed by atoms with Crippen molar-refractivity contribution in [2.45, 2.75) is 19.1 Å². The number of aliphatic imine (C=N–C) groups is 1. The second-order valence-electron chi connectivity index (χ2n) is 7.22. The Kier molecular flexibility index (Phi) is 3.97. The van der Waals surface area contributed by atoms with Gasteiger partial charge in [-0.15, -0.1) is 0 Å². The van der Waals surface area contributed by atoms with Crippen LogP contribution in [0, 0.1) is 5.82 Å². The number of fused-ring (bicyclic) bond motifs is 3. The van der Waals surface area contributed by atoms with E-state index in [0.717, 1.165) is 10.7 Å². The van der Waals surface area contributed by atoms with Crippen molar-refractivity contribution in [3.8, 4) is 0 Å². The van der Waals surface area contributed by atoms with E-state index >= 15 is 0 Å². The maximum absolute atomic E-state index is 14.1. The molecule has 3 aliphatic heterocycles. The van der Waals surface area contributed by atoms with Gasteiger partial charge < -0.3 is 4.42 Å². The van der Waals surface area contributed by atoms with Gasteiger partial charge in [-0.1, -0.05) is 23.2 Å². The summed E-state index contributed by atoms with van der Waals surface area (Å²) in [5.41, 5.74) is 0.297. The van der Waals surface area contributed by atoms with Crippen LogP contribution in [-0.4, -0.2) is 69.2 Å². The Labute approximate surface area is 166 Å². The molecule has 3 aliphatic rings. The number of carbonyl (C=O) groups excluding carboxylic acids is 2. The van der Waals surface area contributed by atoms with Gasteiger partial charge in [-0.25, -0.2) is 14.1 Å². The number of hydrogen-bond acceptors (Lipinski definition) is 5. The summed E-state index contributed by atoms with van der Waals surface area (Å²) in [6, 6.07) is 8.67. The molecular weight excluding hydrogens is 377 g/mol. The number of imide groups is 1. The third-order valence-electron chi connectivity index (χ3n) is 5.50. The van der Waals surface area contributed by atoms with Crippen LogP contribution in [0.4, 0.5) is 9.18 Å². The lowest BCUT2D eigenvalue weighted by Gasteiger charge is -2.34. The fourth-order valence-corrected chi connectivity index (χ4v) is 4.00. The van der Waals surface area contributed by atoms with E-state index in [1.807, 2.05) is 21.6 Å². The van der Waals surface area contributed by atoms with Crippen molar-refractivity contribution in [3.63, 3.8) is 0 Å². The van der Waals surface area contributed by atoms with Crippen molar-refractivity contribution in [1.29, 1.82) is 0 Å². The Bertz CT molecular complexity index is 1060. The zero-order valence-electron chi connectivity index (χ0n) is 15.8. The zero-order chi connectivity index (χ0) is 20.1. The Morgan fingerprint density at radius 2 is 2.07 bits per heavy atom. The van der Waals surface area contributed by atoms with Crippen LogP contribution in [0.15, 0.2) is 52.1 Å².